The summed E-state index contributed by atoms with van der Waals surface area (Å²) in [7, 11) is 0. The molecular weight excluding hydrogens is 322 g/mol. The van der Waals surface area contributed by atoms with Crippen molar-refractivity contribution < 1.29 is 23.9 Å². The smallest absolute Gasteiger partial charge is 0.416 e. The van der Waals surface area contributed by atoms with Crippen molar-refractivity contribution >= 4 is 18.0 Å². The Morgan fingerprint density at radius 2 is 1.92 bits per heavy atom. The number of nitrogens with zero attached hydrogens (tertiary/aromatic N) is 1. The summed E-state index contributed by atoms with van der Waals surface area (Å²) in [5.41, 5.74) is -0.596. The lowest BCUT2D eigenvalue weighted by atomic mass is 9.94. The molecule has 2 atom stereocenters. The molecule has 0 bridgehead atoms. The number of hydrogen-bond donors (Lipinski definition) is 0. The minimum atomic E-state index is -0.603. The zero-order chi connectivity index (χ0) is 19.2. The van der Waals surface area contributed by atoms with Gasteiger partial charge in [0.25, 0.3) is 0 Å². The van der Waals surface area contributed by atoms with Gasteiger partial charge in [-0.2, -0.15) is 0 Å². The van der Waals surface area contributed by atoms with Crippen LogP contribution in [0.5, 0.6) is 0 Å². The van der Waals surface area contributed by atoms with E-state index in [0.717, 1.165) is 19.3 Å². The maximum Gasteiger partial charge on any atom is 0.416 e. The van der Waals surface area contributed by atoms with Gasteiger partial charge in [0.15, 0.2) is 0 Å². The molecule has 1 aliphatic rings. The molecule has 1 heterocycles. The van der Waals surface area contributed by atoms with Crippen LogP contribution >= 0.6 is 0 Å². The zero-order valence-electron chi connectivity index (χ0n) is 16.5. The Balaban J connectivity index is 2.87. The van der Waals surface area contributed by atoms with Gasteiger partial charge < -0.3 is 9.47 Å². The summed E-state index contributed by atoms with van der Waals surface area (Å²) in [4.78, 5) is 38.5. The third kappa shape index (κ3) is 6.67. The molecule has 0 radical (unpaired) electrons. The van der Waals surface area contributed by atoms with Crippen LogP contribution in [-0.4, -0.2) is 41.1 Å². The van der Waals surface area contributed by atoms with Gasteiger partial charge in [-0.1, -0.05) is 40.0 Å². The molecule has 2 amide bonds. The summed E-state index contributed by atoms with van der Waals surface area (Å²) < 4.78 is 10.4. The van der Waals surface area contributed by atoms with Crippen molar-refractivity contribution in [3.05, 3.63) is 0 Å². The molecule has 6 heteroatoms. The van der Waals surface area contributed by atoms with Gasteiger partial charge in [-0.25, -0.2) is 9.69 Å². The molecule has 0 saturated carbocycles. The van der Waals surface area contributed by atoms with Gasteiger partial charge in [-0.3, -0.25) is 9.59 Å². The van der Waals surface area contributed by atoms with E-state index < -0.39 is 23.6 Å². The van der Waals surface area contributed by atoms with Crippen LogP contribution in [0.4, 0.5) is 4.79 Å². The molecule has 0 spiro atoms. The minimum absolute atomic E-state index is 0.00554. The first-order valence-corrected chi connectivity index (χ1v) is 9.28. The quantitative estimate of drug-likeness (QED) is 0.487. The first-order valence-electron chi connectivity index (χ1n) is 9.28. The van der Waals surface area contributed by atoms with Crippen LogP contribution < -0.4 is 0 Å². The Morgan fingerprint density at radius 3 is 2.44 bits per heavy atom. The number of imide groups is 1. The van der Waals surface area contributed by atoms with E-state index in [4.69, 9.17) is 9.47 Å². The number of esters is 1. The van der Waals surface area contributed by atoms with Crippen molar-refractivity contribution in [2.75, 3.05) is 6.61 Å². The molecular formula is C19H33NO5. The first kappa shape index (κ1) is 21.5. The predicted molar refractivity (Wildman–Crippen MR) is 94.9 cm³/mol. The van der Waals surface area contributed by atoms with Crippen molar-refractivity contribution in [2.45, 2.75) is 85.3 Å². The summed E-state index contributed by atoms with van der Waals surface area (Å²) in [6, 6.07) is -0.271. The molecule has 0 aliphatic carbocycles. The van der Waals surface area contributed by atoms with E-state index in [9.17, 15) is 14.4 Å². The van der Waals surface area contributed by atoms with Gasteiger partial charge in [0.1, 0.15) is 12.2 Å². The Hall–Kier alpha value is -1.59. The third-order valence-electron chi connectivity index (χ3n) is 4.25. The molecule has 1 fully saturated rings. The number of rotatable bonds is 8. The Morgan fingerprint density at radius 1 is 1.28 bits per heavy atom. The fraction of sp³-hybridized carbons (Fsp3) is 0.842. The highest BCUT2D eigenvalue weighted by Crippen LogP contribution is 2.26. The van der Waals surface area contributed by atoms with E-state index >= 15 is 0 Å². The molecule has 0 N–H and O–H groups in total. The zero-order valence-corrected chi connectivity index (χ0v) is 16.5. The van der Waals surface area contributed by atoms with E-state index in [-0.39, 0.29) is 30.9 Å². The molecule has 0 aromatic rings. The van der Waals surface area contributed by atoms with E-state index in [2.05, 4.69) is 6.92 Å². The monoisotopic (exact) mass is 355 g/mol. The standard InChI is InChI=1S/C19H33NO5/c1-7-8-9-10-14(11-16(21)25-19(4,5)6)17(22)20-15(13(2)3)12-24-18(20)23/h13-15H,7-12H2,1-6H3. The van der Waals surface area contributed by atoms with E-state index in [1.807, 2.05) is 13.8 Å². The largest absolute Gasteiger partial charge is 0.460 e. The van der Waals surface area contributed by atoms with Crippen molar-refractivity contribution in [1.29, 1.82) is 0 Å². The van der Waals surface area contributed by atoms with Gasteiger partial charge in [0, 0.05) is 5.92 Å². The summed E-state index contributed by atoms with van der Waals surface area (Å²) in [5.74, 6) is -1.17. The maximum absolute atomic E-state index is 13.0. The molecule has 1 saturated heterocycles. The number of carbonyl (C=O) groups excluding carboxylic acids is 3. The van der Waals surface area contributed by atoms with E-state index in [1.54, 1.807) is 20.8 Å². The number of unbranched alkanes of at least 4 members (excludes halogenated alkanes) is 2. The minimum Gasteiger partial charge on any atom is -0.460 e. The molecule has 2 unspecified atom stereocenters. The number of cyclic esters (lactones) is 1. The number of amides is 2. The molecule has 0 aromatic carbocycles. The lowest BCUT2D eigenvalue weighted by molar-refractivity contribution is -0.158. The van der Waals surface area contributed by atoms with Gasteiger partial charge >= 0.3 is 12.1 Å². The van der Waals surface area contributed by atoms with Crippen LogP contribution in [0, 0.1) is 11.8 Å². The Kier molecular flexibility index (Phi) is 7.90. The van der Waals surface area contributed by atoms with Crippen molar-refractivity contribution in [3.8, 4) is 0 Å². The van der Waals surface area contributed by atoms with E-state index in [0.29, 0.717) is 6.42 Å². The van der Waals surface area contributed by atoms with Crippen molar-refractivity contribution in [2.24, 2.45) is 11.8 Å². The second kappa shape index (κ2) is 9.20. The summed E-state index contributed by atoms with van der Waals surface area (Å²) in [6.45, 7) is 11.6. The molecule has 0 aromatic heterocycles. The highest BCUT2D eigenvalue weighted by Gasteiger charge is 2.42. The van der Waals surface area contributed by atoms with Crippen LogP contribution in [-0.2, 0) is 19.1 Å². The Bertz CT molecular complexity index is 481. The lowest BCUT2D eigenvalue weighted by Gasteiger charge is -2.27. The van der Waals surface area contributed by atoms with Crippen LogP contribution in [0.15, 0.2) is 0 Å². The van der Waals surface area contributed by atoms with Crippen LogP contribution in [0.1, 0.15) is 73.6 Å². The topological polar surface area (TPSA) is 72.9 Å². The van der Waals surface area contributed by atoms with Gasteiger partial charge in [-0.05, 0) is 33.1 Å². The number of hydrogen-bond acceptors (Lipinski definition) is 5. The van der Waals surface area contributed by atoms with E-state index in [1.165, 1.54) is 4.90 Å². The normalized spacial score (nSPS) is 19.1. The maximum atomic E-state index is 13.0. The summed E-state index contributed by atoms with van der Waals surface area (Å²) in [6.07, 6.45) is 2.80. The molecule has 6 nitrogen and oxygen atoms in total. The highest BCUT2D eigenvalue weighted by atomic mass is 16.6. The van der Waals surface area contributed by atoms with Gasteiger partial charge in [-0.15, -0.1) is 0 Å². The number of ether oxygens (including phenoxy) is 2. The SMILES string of the molecule is CCCCCC(CC(=O)OC(C)(C)C)C(=O)N1C(=O)OCC1C(C)C. The van der Waals surface area contributed by atoms with Crippen molar-refractivity contribution in [3.63, 3.8) is 0 Å². The number of carbonyl (C=O) groups is 3. The second-order valence-electron chi connectivity index (χ2n) is 8.08. The fourth-order valence-corrected chi connectivity index (χ4v) is 2.91. The molecule has 1 aliphatic heterocycles. The van der Waals surface area contributed by atoms with Crippen LogP contribution in [0.25, 0.3) is 0 Å². The first-order chi connectivity index (χ1) is 11.6. The fourth-order valence-electron chi connectivity index (χ4n) is 2.91. The van der Waals surface area contributed by atoms with Gasteiger partial charge in [0.2, 0.25) is 5.91 Å². The lowest BCUT2D eigenvalue weighted by Crippen LogP contribution is -2.45. The molecule has 1 rings (SSSR count). The average Bonchev–Trinajstić information content (AvgIpc) is 2.85. The summed E-state index contributed by atoms with van der Waals surface area (Å²) >= 11 is 0. The van der Waals surface area contributed by atoms with Crippen LogP contribution in [0.2, 0.25) is 0 Å². The average molecular weight is 355 g/mol. The van der Waals surface area contributed by atoms with Crippen molar-refractivity contribution in [1.82, 2.24) is 4.90 Å². The second-order valence-corrected chi connectivity index (χ2v) is 8.08. The summed E-state index contributed by atoms with van der Waals surface area (Å²) in [5, 5.41) is 0. The van der Waals surface area contributed by atoms with Gasteiger partial charge in [0.05, 0.1) is 12.5 Å². The van der Waals surface area contributed by atoms with Crippen LogP contribution in [0.3, 0.4) is 0 Å². The Labute approximate surface area is 151 Å². The predicted octanol–water partition coefficient (Wildman–Crippen LogP) is 3.92. The molecule has 144 valence electrons. The third-order valence-corrected chi connectivity index (χ3v) is 4.25. The highest BCUT2D eigenvalue weighted by molar-refractivity contribution is 5.96. The molecule has 25 heavy (non-hydrogen) atoms.